The summed E-state index contributed by atoms with van der Waals surface area (Å²) in [6.07, 6.45) is 1.99. The molecule has 0 aliphatic rings. The third kappa shape index (κ3) is 3.42. The standard InChI is InChI=1S/C13H19ClO/c1-10(2)11-6-7-13(15-3)12(9-11)5-4-8-14/h6-7,9-10H,4-5,8H2,1-3H3. The van der Waals surface area contributed by atoms with Gasteiger partial charge in [0.05, 0.1) is 7.11 Å². The van der Waals surface area contributed by atoms with Crippen molar-refractivity contribution >= 4 is 11.6 Å². The van der Waals surface area contributed by atoms with Crippen LogP contribution in [0.1, 0.15) is 37.3 Å². The van der Waals surface area contributed by atoms with Crippen molar-refractivity contribution in [2.45, 2.75) is 32.6 Å². The molecule has 0 aliphatic heterocycles. The zero-order valence-corrected chi connectivity index (χ0v) is 10.5. The summed E-state index contributed by atoms with van der Waals surface area (Å²) in [6, 6.07) is 6.42. The second-order valence-corrected chi connectivity index (χ2v) is 4.40. The van der Waals surface area contributed by atoms with E-state index in [9.17, 15) is 0 Å². The first kappa shape index (κ1) is 12.4. The van der Waals surface area contributed by atoms with Crippen molar-refractivity contribution in [3.63, 3.8) is 0 Å². The number of hydrogen-bond acceptors (Lipinski definition) is 1. The fourth-order valence-corrected chi connectivity index (χ4v) is 1.74. The van der Waals surface area contributed by atoms with Gasteiger partial charge in [-0.3, -0.25) is 0 Å². The lowest BCUT2D eigenvalue weighted by molar-refractivity contribution is 0.409. The summed E-state index contributed by atoms with van der Waals surface area (Å²) in [6.45, 7) is 4.40. The van der Waals surface area contributed by atoms with E-state index < -0.39 is 0 Å². The highest BCUT2D eigenvalue weighted by Gasteiger charge is 2.06. The normalized spacial score (nSPS) is 10.7. The summed E-state index contributed by atoms with van der Waals surface area (Å²) in [4.78, 5) is 0. The number of benzene rings is 1. The molecular formula is C13H19ClO. The highest BCUT2D eigenvalue weighted by Crippen LogP contribution is 2.25. The van der Waals surface area contributed by atoms with Crippen LogP contribution in [0.4, 0.5) is 0 Å². The van der Waals surface area contributed by atoms with Gasteiger partial charge in [-0.05, 0) is 36.0 Å². The van der Waals surface area contributed by atoms with Gasteiger partial charge in [-0.15, -0.1) is 11.6 Å². The van der Waals surface area contributed by atoms with Gasteiger partial charge in [-0.2, -0.15) is 0 Å². The second-order valence-electron chi connectivity index (χ2n) is 4.02. The molecule has 1 aromatic carbocycles. The van der Waals surface area contributed by atoms with Crippen LogP contribution in [-0.4, -0.2) is 13.0 Å². The first-order valence-electron chi connectivity index (χ1n) is 5.41. The van der Waals surface area contributed by atoms with Crippen LogP contribution >= 0.6 is 11.6 Å². The Morgan fingerprint density at radius 3 is 2.60 bits per heavy atom. The Morgan fingerprint density at radius 1 is 1.33 bits per heavy atom. The molecule has 0 aromatic heterocycles. The quantitative estimate of drug-likeness (QED) is 0.690. The number of aryl methyl sites for hydroxylation is 1. The Balaban J connectivity index is 2.91. The molecule has 0 fully saturated rings. The van der Waals surface area contributed by atoms with E-state index in [2.05, 4.69) is 32.0 Å². The Labute approximate surface area is 97.4 Å². The number of methoxy groups -OCH3 is 1. The minimum absolute atomic E-state index is 0.561. The molecule has 2 heteroatoms. The average molecular weight is 227 g/mol. The first-order valence-corrected chi connectivity index (χ1v) is 5.95. The van der Waals surface area contributed by atoms with Gasteiger partial charge in [0.1, 0.15) is 5.75 Å². The maximum absolute atomic E-state index is 5.71. The summed E-state index contributed by atoms with van der Waals surface area (Å²) in [5, 5.41) is 0. The van der Waals surface area contributed by atoms with E-state index in [0.717, 1.165) is 18.6 Å². The molecule has 0 aliphatic carbocycles. The van der Waals surface area contributed by atoms with Gasteiger partial charge in [0.25, 0.3) is 0 Å². The van der Waals surface area contributed by atoms with Crippen LogP contribution < -0.4 is 4.74 Å². The van der Waals surface area contributed by atoms with E-state index in [4.69, 9.17) is 16.3 Å². The molecule has 0 spiro atoms. The number of ether oxygens (including phenoxy) is 1. The highest BCUT2D eigenvalue weighted by atomic mass is 35.5. The van der Waals surface area contributed by atoms with Gasteiger partial charge in [-0.1, -0.05) is 26.0 Å². The topological polar surface area (TPSA) is 9.23 Å². The number of halogens is 1. The van der Waals surface area contributed by atoms with Gasteiger partial charge in [0.15, 0.2) is 0 Å². The molecular weight excluding hydrogens is 208 g/mol. The lowest BCUT2D eigenvalue weighted by Crippen LogP contribution is -1.96. The minimum atomic E-state index is 0.561. The molecule has 0 unspecified atom stereocenters. The van der Waals surface area contributed by atoms with E-state index in [0.29, 0.717) is 11.8 Å². The lowest BCUT2D eigenvalue weighted by atomic mass is 9.98. The van der Waals surface area contributed by atoms with Crippen molar-refractivity contribution in [2.75, 3.05) is 13.0 Å². The second kappa shape index (κ2) is 6.02. The van der Waals surface area contributed by atoms with Crippen molar-refractivity contribution in [3.05, 3.63) is 29.3 Å². The molecule has 0 atom stereocenters. The zero-order valence-electron chi connectivity index (χ0n) is 9.72. The van der Waals surface area contributed by atoms with Crippen LogP contribution in [0.2, 0.25) is 0 Å². The molecule has 0 amide bonds. The van der Waals surface area contributed by atoms with E-state index in [1.165, 1.54) is 11.1 Å². The minimum Gasteiger partial charge on any atom is -0.496 e. The third-order valence-electron chi connectivity index (χ3n) is 2.55. The van der Waals surface area contributed by atoms with Crippen LogP contribution in [0.5, 0.6) is 5.75 Å². The molecule has 0 heterocycles. The van der Waals surface area contributed by atoms with Crippen molar-refractivity contribution in [1.29, 1.82) is 0 Å². The molecule has 0 saturated heterocycles. The van der Waals surface area contributed by atoms with Crippen LogP contribution in [-0.2, 0) is 6.42 Å². The maximum atomic E-state index is 5.71. The molecule has 84 valence electrons. The summed E-state index contributed by atoms with van der Waals surface area (Å²) in [5.41, 5.74) is 2.63. The van der Waals surface area contributed by atoms with Crippen molar-refractivity contribution in [3.8, 4) is 5.75 Å². The Kier molecular flexibility index (Phi) is 4.97. The molecule has 1 rings (SSSR count). The van der Waals surface area contributed by atoms with E-state index in [-0.39, 0.29) is 0 Å². The molecule has 0 radical (unpaired) electrons. The first-order chi connectivity index (χ1) is 7.19. The van der Waals surface area contributed by atoms with E-state index in [1.54, 1.807) is 7.11 Å². The molecule has 0 saturated carbocycles. The van der Waals surface area contributed by atoms with E-state index >= 15 is 0 Å². The Morgan fingerprint density at radius 2 is 2.07 bits per heavy atom. The fraction of sp³-hybridized carbons (Fsp3) is 0.538. The monoisotopic (exact) mass is 226 g/mol. The van der Waals surface area contributed by atoms with Gasteiger partial charge >= 0.3 is 0 Å². The SMILES string of the molecule is COc1ccc(C(C)C)cc1CCCCl. The Hall–Kier alpha value is -0.690. The molecule has 0 bridgehead atoms. The molecule has 0 N–H and O–H groups in total. The summed E-state index contributed by atoms with van der Waals surface area (Å²) < 4.78 is 5.33. The largest absolute Gasteiger partial charge is 0.496 e. The van der Waals surface area contributed by atoms with Gasteiger partial charge in [0.2, 0.25) is 0 Å². The van der Waals surface area contributed by atoms with Crippen molar-refractivity contribution in [2.24, 2.45) is 0 Å². The van der Waals surface area contributed by atoms with Crippen LogP contribution in [0.15, 0.2) is 18.2 Å². The maximum Gasteiger partial charge on any atom is 0.122 e. The van der Waals surface area contributed by atoms with Gasteiger partial charge in [-0.25, -0.2) is 0 Å². The molecule has 1 nitrogen and oxygen atoms in total. The summed E-state index contributed by atoms with van der Waals surface area (Å²) in [5.74, 6) is 2.24. The van der Waals surface area contributed by atoms with Crippen LogP contribution in [0, 0.1) is 0 Å². The van der Waals surface area contributed by atoms with Crippen LogP contribution in [0.25, 0.3) is 0 Å². The number of alkyl halides is 1. The molecule has 15 heavy (non-hydrogen) atoms. The lowest BCUT2D eigenvalue weighted by Gasteiger charge is -2.12. The average Bonchev–Trinajstić information content (AvgIpc) is 2.25. The number of rotatable bonds is 5. The van der Waals surface area contributed by atoms with Crippen molar-refractivity contribution < 1.29 is 4.74 Å². The van der Waals surface area contributed by atoms with Gasteiger partial charge < -0.3 is 4.74 Å². The van der Waals surface area contributed by atoms with Crippen LogP contribution in [0.3, 0.4) is 0 Å². The summed E-state index contributed by atoms with van der Waals surface area (Å²) >= 11 is 5.71. The highest BCUT2D eigenvalue weighted by molar-refractivity contribution is 6.17. The smallest absolute Gasteiger partial charge is 0.122 e. The molecule has 1 aromatic rings. The summed E-state index contributed by atoms with van der Waals surface area (Å²) in [7, 11) is 1.72. The zero-order chi connectivity index (χ0) is 11.3. The van der Waals surface area contributed by atoms with Crippen molar-refractivity contribution in [1.82, 2.24) is 0 Å². The van der Waals surface area contributed by atoms with E-state index in [1.807, 2.05) is 0 Å². The fourth-order valence-electron chi connectivity index (χ4n) is 1.61. The van der Waals surface area contributed by atoms with Gasteiger partial charge in [0, 0.05) is 5.88 Å². The Bertz CT molecular complexity index is 307. The predicted octanol–water partition coefficient (Wildman–Crippen LogP) is 3.99. The predicted molar refractivity (Wildman–Crippen MR) is 66.1 cm³/mol. The third-order valence-corrected chi connectivity index (χ3v) is 2.82. The number of hydrogen-bond donors (Lipinski definition) is 0.